The van der Waals surface area contributed by atoms with E-state index in [1.54, 1.807) is 0 Å². The number of hydrazone groups is 1. The van der Waals surface area contributed by atoms with Crippen molar-refractivity contribution < 1.29 is 40.4 Å². The number of halogens is 5. The maximum Gasteiger partial charge on any atom is 0.387 e. The Kier molecular flexibility index (Phi) is 8.73. The van der Waals surface area contributed by atoms with E-state index in [0.29, 0.717) is 5.02 Å². The van der Waals surface area contributed by atoms with Crippen molar-refractivity contribution in [2.75, 3.05) is 10.1 Å². The Morgan fingerprint density at radius 2 is 1.65 bits per heavy atom. The lowest BCUT2D eigenvalue weighted by Crippen LogP contribution is -2.15. The van der Waals surface area contributed by atoms with Gasteiger partial charge in [0, 0.05) is 34.5 Å². The zero-order chi connectivity index (χ0) is 27.2. The summed E-state index contributed by atoms with van der Waals surface area (Å²) >= 11 is 5.79. The molecular formula is C21H15ClF4N4O6S. The Bertz CT molecular complexity index is 1410. The van der Waals surface area contributed by atoms with Gasteiger partial charge in [0.1, 0.15) is 16.4 Å². The maximum absolute atomic E-state index is 13.0. The van der Waals surface area contributed by atoms with E-state index >= 15 is 0 Å². The molecule has 0 bridgehead atoms. The molecule has 0 aromatic heterocycles. The molecule has 0 fully saturated rings. The van der Waals surface area contributed by atoms with Crippen molar-refractivity contribution in [2.45, 2.75) is 18.1 Å². The fourth-order valence-corrected chi connectivity index (χ4v) is 4.20. The molecule has 3 aromatic carbocycles. The molecule has 2 N–H and O–H groups in total. The first-order valence-electron chi connectivity index (χ1n) is 9.84. The lowest BCUT2D eigenvalue weighted by atomic mass is 10.2. The number of ether oxygens (including phenoxy) is 2. The topological polar surface area (TPSA) is 132 Å². The Hall–Kier alpha value is -4.11. The second-order valence-corrected chi connectivity index (χ2v) is 8.96. The van der Waals surface area contributed by atoms with E-state index in [2.05, 4.69) is 24.7 Å². The van der Waals surface area contributed by atoms with E-state index in [1.807, 2.05) is 0 Å². The molecule has 0 unspecified atom stereocenters. The van der Waals surface area contributed by atoms with Crippen LogP contribution in [0.1, 0.15) is 5.56 Å². The zero-order valence-corrected chi connectivity index (χ0v) is 19.7. The van der Waals surface area contributed by atoms with Gasteiger partial charge < -0.3 is 9.47 Å². The van der Waals surface area contributed by atoms with Crippen LogP contribution >= 0.6 is 11.6 Å². The van der Waals surface area contributed by atoms with Gasteiger partial charge in [-0.25, -0.2) is 8.42 Å². The molecule has 0 aliphatic heterocycles. The molecule has 16 heteroatoms. The van der Waals surface area contributed by atoms with Crippen LogP contribution in [-0.2, 0) is 10.0 Å². The standard InChI is InChI=1S/C21H15ClF4N4O6S/c22-13-2-4-14(5-3-13)29-37(33,34)19-9-15(30(31)32)6-8-17(19)28-27-11-12-1-7-16(35-20(23)24)10-18(12)36-21(25)26/h1-11,20-21,28-29H/b27-11-. The number of non-ortho nitro benzene ring substituents is 1. The minimum atomic E-state index is -4.39. The number of sulfonamides is 1. The molecule has 37 heavy (non-hydrogen) atoms. The monoisotopic (exact) mass is 562 g/mol. The smallest absolute Gasteiger partial charge is 0.387 e. The number of hydrogen-bond donors (Lipinski definition) is 2. The second-order valence-electron chi connectivity index (χ2n) is 6.88. The Balaban J connectivity index is 1.92. The number of hydrogen-bond acceptors (Lipinski definition) is 8. The zero-order valence-electron chi connectivity index (χ0n) is 18.1. The van der Waals surface area contributed by atoms with E-state index < -0.39 is 50.3 Å². The largest absolute Gasteiger partial charge is 0.435 e. The lowest BCUT2D eigenvalue weighted by molar-refractivity contribution is -0.385. The van der Waals surface area contributed by atoms with Crippen molar-refractivity contribution in [3.05, 3.63) is 81.4 Å². The van der Waals surface area contributed by atoms with Gasteiger partial charge in [0.2, 0.25) is 0 Å². The van der Waals surface area contributed by atoms with Crippen molar-refractivity contribution in [3.8, 4) is 11.5 Å². The maximum atomic E-state index is 13.0. The lowest BCUT2D eigenvalue weighted by Gasteiger charge is -2.13. The summed E-state index contributed by atoms with van der Waals surface area (Å²) < 4.78 is 87.0. The summed E-state index contributed by atoms with van der Waals surface area (Å²) in [5.74, 6) is -1.01. The summed E-state index contributed by atoms with van der Waals surface area (Å²) in [7, 11) is -4.39. The van der Waals surface area contributed by atoms with Crippen molar-refractivity contribution in [1.29, 1.82) is 0 Å². The van der Waals surface area contributed by atoms with Crippen LogP contribution < -0.4 is 19.6 Å². The number of rotatable bonds is 11. The van der Waals surface area contributed by atoms with Crippen LogP contribution in [0.3, 0.4) is 0 Å². The highest BCUT2D eigenvalue weighted by Gasteiger charge is 2.23. The van der Waals surface area contributed by atoms with Gasteiger partial charge in [0.05, 0.1) is 16.8 Å². The molecule has 0 aliphatic carbocycles. The molecule has 0 spiro atoms. The fraction of sp³-hybridized carbons (Fsp3) is 0.0952. The van der Waals surface area contributed by atoms with Gasteiger partial charge in [0.25, 0.3) is 15.7 Å². The molecule has 0 amide bonds. The molecule has 0 atom stereocenters. The van der Waals surface area contributed by atoms with Gasteiger partial charge in [-0.3, -0.25) is 20.3 Å². The highest BCUT2D eigenvalue weighted by Crippen LogP contribution is 2.30. The number of nitrogens with one attached hydrogen (secondary N) is 2. The molecule has 0 saturated carbocycles. The molecule has 10 nitrogen and oxygen atoms in total. The van der Waals surface area contributed by atoms with E-state index in [9.17, 15) is 36.1 Å². The SMILES string of the molecule is O=[N+]([O-])c1ccc(N/N=C\c2ccc(OC(F)F)cc2OC(F)F)c(S(=O)(=O)Nc2ccc(Cl)cc2)c1. The first-order valence-corrected chi connectivity index (χ1v) is 11.7. The normalized spacial score (nSPS) is 11.6. The van der Waals surface area contributed by atoms with Crippen molar-refractivity contribution in [1.82, 2.24) is 0 Å². The van der Waals surface area contributed by atoms with Crippen LogP contribution in [0.25, 0.3) is 0 Å². The third kappa shape index (κ3) is 7.68. The van der Waals surface area contributed by atoms with E-state index in [-0.39, 0.29) is 16.9 Å². The predicted octanol–water partition coefficient (Wildman–Crippen LogP) is 5.70. The van der Waals surface area contributed by atoms with Gasteiger partial charge >= 0.3 is 13.2 Å². The van der Waals surface area contributed by atoms with Crippen LogP contribution in [0.2, 0.25) is 5.02 Å². The molecule has 196 valence electrons. The van der Waals surface area contributed by atoms with Gasteiger partial charge in [-0.1, -0.05) is 11.6 Å². The number of benzene rings is 3. The number of anilines is 2. The van der Waals surface area contributed by atoms with Gasteiger partial charge in [-0.15, -0.1) is 0 Å². The first-order chi connectivity index (χ1) is 17.4. The minimum absolute atomic E-state index is 0.111. The average molecular weight is 563 g/mol. The highest BCUT2D eigenvalue weighted by molar-refractivity contribution is 7.92. The summed E-state index contributed by atoms with van der Waals surface area (Å²) in [5.41, 5.74) is 1.63. The molecule has 0 heterocycles. The third-order valence-electron chi connectivity index (χ3n) is 4.38. The van der Waals surface area contributed by atoms with Crippen molar-refractivity contribution >= 4 is 44.9 Å². The summed E-state index contributed by atoms with van der Waals surface area (Å²) in [6.45, 7) is -6.50. The molecular weight excluding hydrogens is 548 g/mol. The Labute approximate surface area is 211 Å². The average Bonchev–Trinajstić information content (AvgIpc) is 2.81. The van der Waals surface area contributed by atoms with Crippen molar-refractivity contribution in [3.63, 3.8) is 0 Å². The summed E-state index contributed by atoms with van der Waals surface area (Å²) in [5, 5.41) is 15.3. The molecule has 3 aromatic rings. The van der Waals surface area contributed by atoms with Crippen LogP contribution in [-0.4, -0.2) is 32.8 Å². The quantitative estimate of drug-likeness (QED) is 0.133. The van der Waals surface area contributed by atoms with E-state index in [1.165, 1.54) is 24.3 Å². The van der Waals surface area contributed by atoms with Gasteiger partial charge in [0.15, 0.2) is 0 Å². The summed E-state index contributed by atoms with van der Waals surface area (Å²) in [6, 6.07) is 11.4. The fourth-order valence-electron chi connectivity index (χ4n) is 2.83. The Morgan fingerprint density at radius 3 is 2.27 bits per heavy atom. The van der Waals surface area contributed by atoms with Crippen LogP contribution in [0.15, 0.2) is 70.7 Å². The molecule has 3 rings (SSSR count). The predicted molar refractivity (Wildman–Crippen MR) is 126 cm³/mol. The van der Waals surface area contributed by atoms with Crippen molar-refractivity contribution in [2.24, 2.45) is 5.10 Å². The number of nitro benzene ring substituents is 1. The first kappa shape index (κ1) is 27.5. The third-order valence-corrected chi connectivity index (χ3v) is 6.05. The van der Waals surface area contributed by atoms with Crippen LogP contribution in [0.5, 0.6) is 11.5 Å². The summed E-state index contributed by atoms with van der Waals surface area (Å²) in [6.07, 6.45) is 0.939. The van der Waals surface area contributed by atoms with Crippen LogP contribution in [0.4, 0.5) is 34.6 Å². The highest BCUT2D eigenvalue weighted by atomic mass is 35.5. The second kappa shape index (κ2) is 11.7. The summed E-state index contributed by atoms with van der Waals surface area (Å²) in [4.78, 5) is 9.84. The van der Waals surface area contributed by atoms with E-state index in [4.69, 9.17) is 11.6 Å². The van der Waals surface area contributed by atoms with E-state index in [0.717, 1.165) is 42.6 Å². The Morgan fingerprint density at radius 1 is 0.973 bits per heavy atom. The number of nitro groups is 1. The van der Waals surface area contributed by atoms with Gasteiger partial charge in [-0.05, 0) is 42.5 Å². The molecule has 0 saturated heterocycles. The minimum Gasteiger partial charge on any atom is -0.435 e. The van der Waals surface area contributed by atoms with Crippen LogP contribution in [0, 0.1) is 10.1 Å². The molecule has 0 aliphatic rings. The van der Waals surface area contributed by atoms with Gasteiger partial charge in [-0.2, -0.15) is 22.7 Å². The number of alkyl halides is 4. The molecule has 0 radical (unpaired) electrons. The number of nitrogens with zero attached hydrogens (tertiary/aromatic N) is 2.